The van der Waals surface area contributed by atoms with Crippen molar-refractivity contribution in [3.8, 4) is 11.1 Å². The zero-order valence-corrected chi connectivity index (χ0v) is 26.2. The first-order valence-electron chi connectivity index (χ1n) is 15.3. The monoisotopic (exact) mass is 627 g/mol. The Balaban J connectivity index is 1.38. The van der Waals surface area contributed by atoms with Crippen LogP contribution in [0.3, 0.4) is 0 Å². The van der Waals surface area contributed by atoms with Gasteiger partial charge in [-0.05, 0) is 65.3 Å². The van der Waals surface area contributed by atoms with E-state index in [9.17, 15) is 28.7 Å². The molecule has 0 spiro atoms. The number of aryl methyl sites for hydroxylation is 1. The van der Waals surface area contributed by atoms with Crippen LogP contribution in [0, 0.1) is 12.7 Å². The first-order valence-corrected chi connectivity index (χ1v) is 15.3. The molecule has 1 heterocycles. The number of rotatable bonds is 9. The second kappa shape index (κ2) is 14.0. The minimum absolute atomic E-state index is 0.0474. The fourth-order valence-electron chi connectivity index (χ4n) is 6.38. The van der Waals surface area contributed by atoms with E-state index in [0.717, 1.165) is 27.2 Å². The van der Waals surface area contributed by atoms with Crippen molar-refractivity contribution in [2.45, 2.75) is 44.2 Å². The number of aliphatic carboxylic acids is 1. The van der Waals surface area contributed by atoms with Crippen molar-refractivity contribution >= 4 is 23.9 Å². The van der Waals surface area contributed by atoms with Gasteiger partial charge in [-0.3, -0.25) is 19.3 Å². The molecule has 0 radical (unpaired) electrons. The summed E-state index contributed by atoms with van der Waals surface area (Å²) in [6, 6.07) is 18.2. The number of hydrogen-bond donors (Lipinski definition) is 1. The molecule has 0 unspecified atom stereocenters. The maximum absolute atomic E-state index is 14.2. The van der Waals surface area contributed by atoms with E-state index in [4.69, 9.17) is 4.74 Å². The molecule has 0 bridgehead atoms. The molecule has 1 aliphatic carbocycles. The molecular formula is C36H38FN3O6. The summed E-state index contributed by atoms with van der Waals surface area (Å²) in [4.78, 5) is 56.7. The Kier molecular flexibility index (Phi) is 9.84. The molecule has 0 saturated carbocycles. The molecule has 46 heavy (non-hydrogen) atoms. The fraction of sp³-hybridized carbons (Fsp3) is 0.333. The molecule has 5 rings (SSSR count). The van der Waals surface area contributed by atoms with Crippen LogP contribution in [-0.4, -0.2) is 89.6 Å². The maximum atomic E-state index is 14.2. The van der Waals surface area contributed by atoms with Gasteiger partial charge in [0.25, 0.3) is 0 Å². The van der Waals surface area contributed by atoms with Gasteiger partial charge in [0, 0.05) is 33.0 Å². The zero-order valence-electron chi connectivity index (χ0n) is 26.2. The average molecular weight is 628 g/mol. The number of ether oxygens (including phenoxy) is 1. The quantitative estimate of drug-likeness (QED) is 0.334. The summed E-state index contributed by atoms with van der Waals surface area (Å²) in [6.45, 7) is 1.42. The number of fused-ring (bicyclic) bond motifs is 3. The molecule has 0 aromatic heterocycles. The first-order chi connectivity index (χ1) is 22.1. The van der Waals surface area contributed by atoms with Gasteiger partial charge in [-0.15, -0.1) is 0 Å². The van der Waals surface area contributed by atoms with Crippen molar-refractivity contribution in [1.29, 1.82) is 0 Å². The lowest BCUT2D eigenvalue weighted by Crippen LogP contribution is -2.57. The van der Waals surface area contributed by atoms with Crippen molar-refractivity contribution in [3.05, 3.63) is 107 Å². The summed E-state index contributed by atoms with van der Waals surface area (Å²) in [5.41, 5.74) is 5.59. The second-order valence-electron chi connectivity index (χ2n) is 11.8. The SMILES string of the molecule is Cc1cc(F)ccc1C[C@@H](C(=O)N(C)CC(=O)O)N1CCC=CC[C@H](N(C)C(=O)OCC2c3ccccc3-c3ccccc32)C1=O. The Hall–Kier alpha value is -4.99. The summed E-state index contributed by atoms with van der Waals surface area (Å²) < 4.78 is 19.7. The molecule has 240 valence electrons. The zero-order chi connectivity index (χ0) is 33.0. The third-order valence-electron chi connectivity index (χ3n) is 8.85. The van der Waals surface area contributed by atoms with Crippen LogP contribution >= 0.6 is 0 Å². The Morgan fingerprint density at radius 2 is 1.65 bits per heavy atom. The highest BCUT2D eigenvalue weighted by Gasteiger charge is 2.39. The Morgan fingerprint density at radius 3 is 2.28 bits per heavy atom. The molecule has 2 atom stereocenters. The molecule has 1 aliphatic heterocycles. The Labute approximate surface area is 267 Å². The lowest BCUT2D eigenvalue weighted by atomic mass is 9.97. The third kappa shape index (κ3) is 6.80. The Morgan fingerprint density at radius 1 is 1.00 bits per heavy atom. The number of hydrogen-bond acceptors (Lipinski definition) is 5. The van der Waals surface area contributed by atoms with Gasteiger partial charge < -0.3 is 19.6 Å². The summed E-state index contributed by atoms with van der Waals surface area (Å²) in [5, 5.41) is 9.35. The lowest BCUT2D eigenvalue weighted by molar-refractivity contribution is -0.150. The van der Waals surface area contributed by atoms with E-state index < -0.39 is 48.3 Å². The van der Waals surface area contributed by atoms with E-state index in [0.29, 0.717) is 17.5 Å². The first kappa shape index (κ1) is 32.4. The number of carbonyl (C=O) groups is 4. The molecule has 3 aromatic rings. The van der Waals surface area contributed by atoms with E-state index in [-0.39, 0.29) is 31.9 Å². The predicted molar refractivity (Wildman–Crippen MR) is 171 cm³/mol. The molecule has 9 nitrogen and oxygen atoms in total. The molecule has 0 fully saturated rings. The molecular weight excluding hydrogens is 589 g/mol. The summed E-state index contributed by atoms with van der Waals surface area (Å²) >= 11 is 0. The number of carboxylic acid groups (broad SMARTS) is 1. The summed E-state index contributed by atoms with van der Waals surface area (Å²) in [6.07, 6.45) is 3.77. The number of halogens is 1. The molecule has 10 heteroatoms. The minimum Gasteiger partial charge on any atom is -0.480 e. The van der Waals surface area contributed by atoms with Crippen LogP contribution in [0.5, 0.6) is 0 Å². The van der Waals surface area contributed by atoms with Crippen LogP contribution in [0.2, 0.25) is 0 Å². The molecule has 3 amide bonds. The van der Waals surface area contributed by atoms with Crippen molar-refractivity contribution in [1.82, 2.24) is 14.7 Å². The van der Waals surface area contributed by atoms with Gasteiger partial charge >= 0.3 is 12.1 Å². The van der Waals surface area contributed by atoms with E-state index in [1.54, 1.807) is 13.0 Å². The number of benzene rings is 3. The van der Waals surface area contributed by atoms with Crippen molar-refractivity contribution < 1.29 is 33.4 Å². The van der Waals surface area contributed by atoms with E-state index >= 15 is 0 Å². The van der Waals surface area contributed by atoms with Crippen LogP contribution in [0.15, 0.2) is 78.9 Å². The van der Waals surface area contributed by atoms with Crippen LogP contribution in [0.25, 0.3) is 11.1 Å². The van der Waals surface area contributed by atoms with Gasteiger partial charge in [-0.25, -0.2) is 9.18 Å². The highest BCUT2D eigenvalue weighted by Crippen LogP contribution is 2.44. The average Bonchev–Trinajstić information content (AvgIpc) is 3.34. The summed E-state index contributed by atoms with van der Waals surface area (Å²) in [5.74, 6) is -2.79. The predicted octanol–water partition coefficient (Wildman–Crippen LogP) is 5.02. The number of amides is 3. The topological polar surface area (TPSA) is 107 Å². The van der Waals surface area contributed by atoms with Gasteiger partial charge in [0.2, 0.25) is 11.8 Å². The van der Waals surface area contributed by atoms with Crippen molar-refractivity contribution in [3.63, 3.8) is 0 Å². The number of carbonyl (C=O) groups excluding carboxylic acids is 3. The van der Waals surface area contributed by atoms with Gasteiger partial charge in [0.15, 0.2) is 0 Å². The van der Waals surface area contributed by atoms with Crippen molar-refractivity contribution in [2.24, 2.45) is 0 Å². The van der Waals surface area contributed by atoms with Crippen LogP contribution < -0.4 is 0 Å². The second-order valence-corrected chi connectivity index (χ2v) is 11.8. The molecule has 0 saturated heterocycles. The van der Waals surface area contributed by atoms with Crippen LogP contribution in [0.1, 0.15) is 41.0 Å². The van der Waals surface area contributed by atoms with E-state index in [1.807, 2.05) is 48.6 Å². The van der Waals surface area contributed by atoms with E-state index in [1.165, 1.54) is 36.0 Å². The van der Waals surface area contributed by atoms with Crippen molar-refractivity contribution in [2.75, 3.05) is 33.8 Å². The highest BCUT2D eigenvalue weighted by molar-refractivity contribution is 5.92. The van der Waals surface area contributed by atoms with Gasteiger partial charge in [0.1, 0.15) is 31.1 Å². The molecule has 3 aromatic carbocycles. The minimum atomic E-state index is -1.19. The standard InChI is InChI=1S/C36H38FN3O6/c1-23-19-25(37)17-16-24(23)20-32(34(43)38(2)21-33(41)42)40-18-10-4-5-15-31(35(40)44)39(3)36(45)46-22-30-28-13-8-6-11-26(28)27-12-7-9-14-29(27)30/h4-9,11-14,16-17,19,30-32H,10,15,18,20-22H2,1-3H3,(H,41,42)/t31-,32-/m0/s1. The lowest BCUT2D eigenvalue weighted by Gasteiger charge is -2.38. The largest absolute Gasteiger partial charge is 0.480 e. The normalized spacial score (nSPS) is 16.6. The summed E-state index contributed by atoms with van der Waals surface area (Å²) in [7, 11) is 2.88. The fourth-order valence-corrected chi connectivity index (χ4v) is 6.38. The van der Waals surface area contributed by atoms with Gasteiger partial charge in [0.05, 0.1) is 0 Å². The number of nitrogens with zero attached hydrogens (tertiary/aromatic N) is 3. The molecule has 2 aliphatic rings. The Bertz CT molecular complexity index is 1630. The van der Waals surface area contributed by atoms with Crippen LogP contribution in [-0.2, 0) is 25.5 Å². The van der Waals surface area contributed by atoms with E-state index in [2.05, 4.69) is 12.1 Å². The van der Waals surface area contributed by atoms with Gasteiger partial charge in [-0.1, -0.05) is 66.7 Å². The van der Waals surface area contributed by atoms with Crippen LogP contribution in [0.4, 0.5) is 9.18 Å². The highest BCUT2D eigenvalue weighted by atomic mass is 19.1. The van der Waals surface area contributed by atoms with Gasteiger partial charge in [-0.2, -0.15) is 0 Å². The maximum Gasteiger partial charge on any atom is 0.410 e. The number of carboxylic acids is 1. The third-order valence-corrected chi connectivity index (χ3v) is 8.85. The smallest absolute Gasteiger partial charge is 0.410 e. The number of likely N-dealkylation sites (N-methyl/N-ethyl adjacent to an activating group) is 2. The molecule has 1 N–H and O–H groups in total.